The molecule has 2 aromatic rings. The molecule has 0 aliphatic heterocycles. The van der Waals surface area contributed by atoms with Crippen molar-refractivity contribution >= 4 is 7.82 Å². The molecule has 0 aromatic heterocycles. The van der Waals surface area contributed by atoms with Crippen molar-refractivity contribution in [3.05, 3.63) is 59.7 Å². The lowest BCUT2D eigenvalue weighted by atomic mass is 10.0. The van der Waals surface area contributed by atoms with E-state index in [1.807, 2.05) is 36.4 Å². The molecule has 5 N–H and O–H groups in total. The number of phosphoric acid groups is 1. The van der Waals surface area contributed by atoms with Crippen molar-refractivity contribution in [1.82, 2.24) is 0 Å². The first-order chi connectivity index (χ1) is 17.7. The van der Waals surface area contributed by atoms with E-state index >= 15 is 0 Å². The molecule has 0 spiro atoms. The zero-order valence-electron chi connectivity index (χ0n) is 23.0. The summed E-state index contributed by atoms with van der Waals surface area (Å²) in [5, 5.41) is 19.2. The molecule has 0 bridgehead atoms. The molecule has 0 heterocycles. The number of unbranched alkanes of at least 4 members (excludes halogenated alkanes) is 12. The molecule has 0 amide bonds. The minimum Gasteiger partial charge on any atom is -0.508 e. The van der Waals surface area contributed by atoms with Gasteiger partial charge in [-0.2, -0.15) is 0 Å². The van der Waals surface area contributed by atoms with Gasteiger partial charge in [0.05, 0.1) is 0 Å². The lowest BCUT2D eigenvalue weighted by Crippen LogP contribution is -1.87. The minimum atomic E-state index is -4.64. The summed E-state index contributed by atoms with van der Waals surface area (Å²) < 4.78 is 8.88. The molecule has 0 radical (unpaired) electrons. The smallest absolute Gasteiger partial charge is 0.466 e. The van der Waals surface area contributed by atoms with Crippen molar-refractivity contribution in [1.29, 1.82) is 0 Å². The first-order valence-corrected chi connectivity index (χ1v) is 15.6. The van der Waals surface area contributed by atoms with Gasteiger partial charge in [0, 0.05) is 0 Å². The third kappa shape index (κ3) is 24.3. The largest absolute Gasteiger partial charge is 0.508 e. The van der Waals surface area contributed by atoms with E-state index in [9.17, 15) is 10.2 Å². The molecule has 0 saturated carbocycles. The summed E-state index contributed by atoms with van der Waals surface area (Å²) in [5.74, 6) is 0.905. The van der Waals surface area contributed by atoms with Gasteiger partial charge in [-0.05, 0) is 48.9 Å². The van der Waals surface area contributed by atoms with Gasteiger partial charge in [-0.1, -0.05) is 127 Å². The molecule has 0 aliphatic rings. The van der Waals surface area contributed by atoms with Crippen LogP contribution in [0.1, 0.15) is 115 Å². The SMILES string of the molecule is CCCCCCCCCc1ccccc1O.CCCCCCCCCc1ccccc1O.O=P(O)(O)O. The molecule has 212 valence electrons. The molecule has 0 saturated heterocycles. The van der Waals surface area contributed by atoms with Crippen LogP contribution in [0.25, 0.3) is 0 Å². The number of hydrogen-bond donors (Lipinski definition) is 5. The maximum atomic E-state index is 9.58. The highest BCUT2D eigenvalue weighted by molar-refractivity contribution is 7.45. The molecule has 0 fully saturated rings. The standard InChI is InChI=1S/2C15H24O.H3O4P/c2*1-2-3-4-5-6-7-8-11-14-12-9-10-13-15(14)16;1-5(2,3)4/h2*9-10,12-13,16H,2-8,11H2,1H3;(H3,1,2,3,4). The Balaban J connectivity index is 0.000000594. The van der Waals surface area contributed by atoms with Crippen molar-refractivity contribution < 1.29 is 29.5 Å². The Kier molecular flexibility index (Phi) is 22.1. The average molecular weight is 539 g/mol. The van der Waals surface area contributed by atoms with Crippen LogP contribution in [0, 0.1) is 0 Å². The van der Waals surface area contributed by atoms with Crippen LogP contribution in [-0.4, -0.2) is 24.9 Å². The monoisotopic (exact) mass is 538 g/mol. The number of rotatable bonds is 16. The molecule has 0 aliphatic carbocycles. The highest BCUT2D eigenvalue weighted by Crippen LogP contribution is 2.26. The van der Waals surface area contributed by atoms with E-state index in [1.54, 1.807) is 12.1 Å². The first-order valence-electron chi connectivity index (χ1n) is 14.0. The Labute approximate surface area is 225 Å². The molecule has 37 heavy (non-hydrogen) atoms. The van der Waals surface area contributed by atoms with Crippen LogP contribution in [0.4, 0.5) is 0 Å². The summed E-state index contributed by atoms with van der Waals surface area (Å²) in [5.41, 5.74) is 2.19. The Bertz CT molecular complexity index is 769. The fourth-order valence-corrected chi connectivity index (χ4v) is 3.99. The second-order valence-corrected chi connectivity index (χ2v) is 10.5. The van der Waals surface area contributed by atoms with Crippen molar-refractivity contribution in [2.24, 2.45) is 0 Å². The zero-order chi connectivity index (χ0) is 27.8. The van der Waals surface area contributed by atoms with Crippen LogP contribution in [0.15, 0.2) is 48.5 Å². The van der Waals surface area contributed by atoms with Crippen LogP contribution in [0.5, 0.6) is 11.5 Å². The number of phenols is 2. The van der Waals surface area contributed by atoms with Crippen molar-refractivity contribution in [2.75, 3.05) is 0 Å². The lowest BCUT2D eigenvalue weighted by molar-refractivity contribution is 0.275. The van der Waals surface area contributed by atoms with E-state index in [1.165, 1.54) is 89.9 Å². The second-order valence-electron chi connectivity index (χ2n) is 9.51. The molecule has 0 atom stereocenters. The number of aryl methyl sites for hydroxylation is 2. The predicted molar refractivity (Wildman–Crippen MR) is 154 cm³/mol. The van der Waals surface area contributed by atoms with E-state index in [0.717, 1.165) is 24.0 Å². The number of aromatic hydroxyl groups is 2. The summed E-state index contributed by atoms with van der Waals surface area (Å²) in [6.45, 7) is 4.50. The summed E-state index contributed by atoms with van der Waals surface area (Å²) in [7, 11) is -4.64. The third-order valence-electron chi connectivity index (χ3n) is 6.08. The molecule has 6 nitrogen and oxygen atoms in total. The quantitative estimate of drug-likeness (QED) is 0.108. The van der Waals surface area contributed by atoms with Crippen LogP contribution in [0.2, 0.25) is 0 Å². The summed E-state index contributed by atoms with van der Waals surface area (Å²) in [6, 6.07) is 15.3. The van der Waals surface area contributed by atoms with Gasteiger partial charge in [-0.3, -0.25) is 0 Å². The van der Waals surface area contributed by atoms with Gasteiger partial charge in [-0.15, -0.1) is 0 Å². The molecule has 2 rings (SSSR count). The maximum absolute atomic E-state index is 9.58. The van der Waals surface area contributed by atoms with Crippen LogP contribution < -0.4 is 0 Å². The average Bonchev–Trinajstić information content (AvgIpc) is 2.84. The number of hydrogen-bond acceptors (Lipinski definition) is 3. The fourth-order valence-electron chi connectivity index (χ4n) is 3.99. The number of para-hydroxylation sites is 2. The Morgan fingerprint density at radius 1 is 0.514 bits per heavy atom. The summed E-state index contributed by atoms with van der Waals surface area (Å²) in [6.07, 6.45) is 20.6. The van der Waals surface area contributed by atoms with Crippen LogP contribution in [0.3, 0.4) is 0 Å². The highest BCUT2D eigenvalue weighted by atomic mass is 31.2. The fraction of sp³-hybridized carbons (Fsp3) is 0.600. The van der Waals surface area contributed by atoms with Gasteiger partial charge in [0.15, 0.2) is 0 Å². The van der Waals surface area contributed by atoms with Gasteiger partial charge in [-0.25, -0.2) is 4.57 Å². The van der Waals surface area contributed by atoms with E-state index in [4.69, 9.17) is 19.2 Å². The van der Waals surface area contributed by atoms with Gasteiger partial charge in [0.1, 0.15) is 11.5 Å². The van der Waals surface area contributed by atoms with Crippen molar-refractivity contribution in [3.63, 3.8) is 0 Å². The van der Waals surface area contributed by atoms with Gasteiger partial charge >= 0.3 is 7.82 Å². The van der Waals surface area contributed by atoms with Crippen LogP contribution in [-0.2, 0) is 17.4 Å². The van der Waals surface area contributed by atoms with Gasteiger partial charge in [0.2, 0.25) is 0 Å². The molecular weight excluding hydrogens is 487 g/mol. The molecular formula is C30H51O6P. The number of phenolic OH excluding ortho intramolecular Hbond substituents is 2. The van der Waals surface area contributed by atoms with E-state index < -0.39 is 7.82 Å². The second kappa shape index (κ2) is 23.3. The van der Waals surface area contributed by atoms with Crippen LogP contribution >= 0.6 is 7.82 Å². The normalized spacial score (nSPS) is 10.7. The first kappa shape index (κ1) is 35.2. The number of benzene rings is 2. The molecule has 7 heteroatoms. The highest BCUT2D eigenvalue weighted by Gasteiger charge is 2.01. The predicted octanol–water partition coefficient (Wildman–Crippen LogP) is 8.44. The van der Waals surface area contributed by atoms with Crippen molar-refractivity contribution in [3.8, 4) is 11.5 Å². The Hall–Kier alpha value is -1.85. The van der Waals surface area contributed by atoms with E-state index in [0.29, 0.717) is 11.5 Å². The summed E-state index contributed by atoms with van der Waals surface area (Å²) in [4.78, 5) is 21.6. The molecule has 0 unspecified atom stereocenters. The maximum Gasteiger partial charge on any atom is 0.466 e. The van der Waals surface area contributed by atoms with E-state index in [2.05, 4.69) is 13.8 Å². The Morgan fingerprint density at radius 3 is 1.08 bits per heavy atom. The van der Waals surface area contributed by atoms with Gasteiger partial charge in [0.25, 0.3) is 0 Å². The zero-order valence-corrected chi connectivity index (χ0v) is 23.9. The Morgan fingerprint density at radius 2 is 0.784 bits per heavy atom. The van der Waals surface area contributed by atoms with Crippen molar-refractivity contribution in [2.45, 2.75) is 117 Å². The van der Waals surface area contributed by atoms with E-state index in [-0.39, 0.29) is 0 Å². The summed E-state index contributed by atoms with van der Waals surface area (Å²) >= 11 is 0. The molecule has 2 aromatic carbocycles. The van der Waals surface area contributed by atoms with Gasteiger partial charge < -0.3 is 24.9 Å². The third-order valence-corrected chi connectivity index (χ3v) is 6.08. The lowest BCUT2D eigenvalue weighted by Gasteiger charge is -2.04. The topological polar surface area (TPSA) is 118 Å². The minimum absolute atomic E-state index is 0.452.